The summed E-state index contributed by atoms with van der Waals surface area (Å²) in [6, 6.07) is 16.5. The highest BCUT2D eigenvalue weighted by molar-refractivity contribution is 7.99. The van der Waals surface area contributed by atoms with Gasteiger partial charge in [-0.05, 0) is 37.1 Å². The van der Waals surface area contributed by atoms with Crippen molar-refractivity contribution in [3.8, 4) is 5.69 Å². The van der Waals surface area contributed by atoms with E-state index in [9.17, 15) is 14.4 Å². The Hall–Kier alpha value is -3.59. The van der Waals surface area contributed by atoms with E-state index >= 15 is 0 Å². The highest BCUT2D eigenvalue weighted by Gasteiger charge is 2.19. The van der Waals surface area contributed by atoms with Crippen LogP contribution in [0.15, 0.2) is 69.3 Å². The smallest absolute Gasteiger partial charge is 0.295 e. The van der Waals surface area contributed by atoms with Crippen LogP contribution in [0.2, 0.25) is 0 Å². The average Bonchev–Trinajstić information content (AvgIpc) is 3.03. The number of nitrogens with one attached hydrogen (secondary N) is 1. The molecule has 1 N–H and O–H groups in total. The zero-order valence-corrected chi connectivity index (χ0v) is 20.4. The van der Waals surface area contributed by atoms with Crippen molar-refractivity contribution in [2.45, 2.75) is 32.5 Å². The molecule has 0 aliphatic heterocycles. The Morgan fingerprint density at radius 3 is 2.41 bits per heavy atom. The van der Waals surface area contributed by atoms with E-state index in [4.69, 9.17) is 0 Å². The van der Waals surface area contributed by atoms with Crippen LogP contribution in [0.5, 0.6) is 0 Å². The predicted octanol–water partition coefficient (Wildman–Crippen LogP) is 3.58. The van der Waals surface area contributed by atoms with Crippen molar-refractivity contribution in [2.24, 2.45) is 13.0 Å². The summed E-state index contributed by atoms with van der Waals surface area (Å²) < 4.78 is 4.86. The Bertz CT molecular complexity index is 1470. The Balaban J connectivity index is 1.59. The fraction of sp³-hybridized carbons (Fsp3) is 0.280. The number of carbonyl (C=O) groups is 1. The van der Waals surface area contributed by atoms with Crippen LogP contribution >= 0.6 is 11.8 Å². The van der Waals surface area contributed by atoms with Gasteiger partial charge >= 0.3 is 0 Å². The molecule has 34 heavy (non-hydrogen) atoms. The van der Waals surface area contributed by atoms with Gasteiger partial charge in [-0.2, -0.15) is 0 Å². The lowest BCUT2D eigenvalue weighted by atomic mass is 10.2. The minimum Gasteiger partial charge on any atom is -0.319 e. The number of para-hydroxylation sites is 2. The van der Waals surface area contributed by atoms with Gasteiger partial charge in [-0.25, -0.2) is 9.67 Å². The fourth-order valence-corrected chi connectivity index (χ4v) is 4.61. The summed E-state index contributed by atoms with van der Waals surface area (Å²) in [6.07, 6.45) is 0. The molecule has 2 heterocycles. The molecule has 2 aromatic carbocycles. The van der Waals surface area contributed by atoms with Crippen molar-refractivity contribution in [3.05, 3.63) is 81.0 Å². The second-order valence-electron chi connectivity index (χ2n) is 8.49. The summed E-state index contributed by atoms with van der Waals surface area (Å²) in [4.78, 5) is 43.6. The Morgan fingerprint density at radius 2 is 1.71 bits per heavy atom. The molecular weight excluding hydrogens is 450 g/mol. The van der Waals surface area contributed by atoms with Gasteiger partial charge in [0.05, 0.1) is 28.0 Å². The molecule has 4 aromatic rings. The van der Waals surface area contributed by atoms with Gasteiger partial charge < -0.3 is 5.32 Å². The van der Waals surface area contributed by atoms with E-state index in [1.54, 1.807) is 35.4 Å². The number of benzene rings is 2. The second-order valence-corrected chi connectivity index (χ2v) is 9.44. The van der Waals surface area contributed by atoms with Crippen LogP contribution in [-0.4, -0.2) is 30.6 Å². The number of anilines is 1. The van der Waals surface area contributed by atoms with Gasteiger partial charge in [0.15, 0.2) is 5.16 Å². The van der Waals surface area contributed by atoms with Gasteiger partial charge in [-0.3, -0.25) is 23.6 Å². The zero-order chi connectivity index (χ0) is 24.4. The quantitative estimate of drug-likeness (QED) is 0.325. The maximum absolute atomic E-state index is 13.1. The number of hydrogen-bond donors (Lipinski definition) is 1. The van der Waals surface area contributed by atoms with E-state index < -0.39 is 0 Å². The summed E-state index contributed by atoms with van der Waals surface area (Å²) in [6.45, 7) is 6.34. The molecule has 4 rings (SSSR count). The molecule has 0 saturated heterocycles. The van der Waals surface area contributed by atoms with Gasteiger partial charge in [-0.1, -0.05) is 55.9 Å². The molecule has 0 aliphatic rings. The first-order chi connectivity index (χ1) is 16.3. The van der Waals surface area contributed by atoms with Gasteiger partial charge in [0, 0.05) is 13.6 Å². The molecule has 1 amide bonds. The first kappa shape index (κ1) is 23.6. The van der Waals surface area contributed by atoms with Gasteiger partial charge in [0.2, 0.25) is 5.91 Å². The van der Waals surface area contributed by atoms with Crippen molar-refractivity contribution in [2.75, 3.05) is 11.1 Å². The van der Waals surface area contributed by atoms with Crippen LogP contribution in [0.25, 0.3) is 16.6 Å². The molecule has 0 fully saturated rings. The minimum absolute atomic E-state index is 0.0159. The first-order valence-electron chi connectivity index (χ1n) is 11.0. The van der Waals surface area contributed by atoms with E-state index in [1.807, 2.05) is 56.3 Å². The third kappa shape index (κ3) is 4.56. The van der Waals surface area contributed by atoms with E-state index in [0.29, 0.717) is 34.0 Å². The molecule has 8 nitrogen and oxygen atoms in total. The van der Waals surface area contributed by atoms with Gasteiger partial charge in [0.25, 0.3) is 11.1 Å². The van der Waals surface area contributed by atoms with E-state index in [-0.39, 0.29) is 34.4 Å². The lowest BCUT2D eigenvalue weighted by Gasteiger charge is -2.14. The molecule has 0 radical (unpaired) electrons. The summed E-state index contributed by atoms with van der Waals surface area (Å²) in [5.41, 5.74) is 1.78. The minimum atomic E-state index is -0.338. The number of rotatable bonds is 7. The lowest BCUT2D eigenvalue weighted by Crippen LogP contribution is -2.26. The fourth-order valence-electron chi connectivity index (χ4n) is 3.80. The molecule has 0 spiro atoms. The average molecular weight is 478 g/mol. The highest BCUT2D eigenvalue weighted by atomic mass is 32.2. The Morgan fingerprint density at radius 1 is 1.03 bits per heavy atom. The molecule has 0 saturated carbocycles. The number of thioether (sulfide) groups is 1. The first-order valence-corrected chi connectivity index (χ1v) is 12.0. The number of fused-ring (bicyclic) bond motifs is 1. The highest BCUT2D eigenvalue weighted by Crippen LogP contribution is 2.20. The van der Waals surface area contributed by atoms with Crippen LogP contribution in [0.4, 0.5) is 5.69 Å². The van der Waals surface area contributed by atoms with E-state index in [1.165, 1.54) is 16.4 Å². The maximum Gasteiger partial charge on any atom is 0.295 e. The lowest BCUT2D eigenvalue weighted by molar-refractivity contribution is -0.113. The number of nitrogens with zero attached hydrogens (tertiary/aromatic N) is 4. The van der Waals surface area contributed by atoms with Crippen molar-refractivity contribution in [1.82, 2.24) is 18.9 Å². The molecule has 0 atom stereocenters. The summed E-state index contributed by atoms with van der Waals surface area (Å²) >= 11 is 1.19. The molecule has 0 bridgehead atoms. The monoisotopic (exact) mass is 477 g/mol. The molecule has 2 aromatic heterocycles. The molecule has 0 aliphatic carbocycles. The third-order valence-corrected chi connectivity index (χ3v) is 6.50. The van der Waals surface area contributed by atoms with Crippen LogP contribution in [0.3, 0.4) is 0 Å². The van der Waals surface area contributed by atoms with Gasteiger partial charge in [0.1, 0.15) is 5.69 Å². The van der Waals surface area contributed by atoms with Gasteiger partial charge in [-0.15, -0.1) is 0 Å². The van der Waals surface area contributed by atoms with Crippen LogP contribution in [-0.2, 0) is 18.4 Å². The molecule has 0 unspecified atom stereocenters. The van der Waals surface area contributed by atoms with E-state index in [2.05, 4.69) is 10.3 Å². The predicted molar refractivity (Wildman–Crippen MR) is 136 cm³/mol. The number of carbonyl (C=O) groups excluding carboxylic acids is 1. The third-order valence-electron chi connectivity index (χ3n) is 5.53. The normalized spacial score (nSPS) is 11.3. The number of amides is 1. The Labute approximate surface area is 201 Å². The van der Waals surface area contributed by atoms with Crippen molar-refractivity contribution >= 4 is 34.3 Å². The van der Waals surface area contributed by atoms with Crippen LogP contribution in [0.1, 0.15) is 19.5 Å². The molecule has 176 valence electrons. The zero-order valence-electron chi connectivity index (χ0n) is 19.6. The van der Waals surface area contributed by atoms with E-state index in [0.717, 1.165) is 0 Å². The van der Waals surface area contributed by atoms with Crippen molar-refractivity contribution in [1.29, 1.82) is 0 Å². The maximum atomic E-state index is 13.1. The largest absolute Gasteiger partial charge is 0.319 e. The molecular formula is C25H27N5O3S. The van der Waals surface area contributed by atoms with Crippen molar-refractivity contribution in [3.63, 3.8) is 0 Å². The van der Waals surface area contributed by atoms with Crippen molar-refractivity contribution < 1.29 is 4.79 Å². The van der Waals surface area contributed by atoms with Crippen LogP contribution < -0.4 is 16.4 Å². The topological polar surface area (TPSA) is 90.9 Å². The number of hydrogen-bond acceptors (Lipinski definition) is 5. The second kappa shape index (κ2) is 9.72. The standard InChI is InChI=1S/C25H27N5O3S/c1-16(2)14-29-23(32)19-12-8-9-13-20(19)26-25(29)34-15-21(31)27-22-17(3)28(4)30(24(22)33)18-10-6-5-7-11-18/h5-13,16H,14-15H2,1-4H3,(H,27,31). The SMILES string of the molecule is Cc1c(NC(=O)CSc2nc3ccccc3c(=O)n2CC(C)C)c(=O)n(-c2ccccc2)n1C. The summed E-state index contributed by atoms with van der Waals surface area (Å²) in [7, 11) is 1.78. The summed E-state index contributed by atoms with van der Waals surface area (Å²) in [5.74, 6) is -0.0890. The Kier molecular flexibility index (Phi) is 6.74. The molecule has 9 heteroatoms. The summed E-state index contributed by atoms with van der Waals surface area (Å²) in [5, 5.41) is 3.80. The number of aromatic nitrogens is 4. The van der Waals surface area contributed by atoms with Crippen LogP contribution in [0, 0.1) is 12.8 Å².